The van der Waals surface area contributed by atoms with Crippen molar-refractivity contribution in [3.8, 4) is 0 Å². The molecule has 110 valence electrons. The maximum atomic E-state index is 13.7. The molecule has 19 heavy (non-hydrogen) atoms. The Bertz CT molecular complexity index is 416. The van der Waals surface area contributed by atoms with Crippen molar-refractivity contribution in [3.05, 3.63) is 11.6 Å². The van der Waals surface area contributed by atoms with Crippen molar-refractivity contribution in [2.45, 2.75) is 47.3 Å². The summed E-state index contributed by atoms with van der Waals surface area (Å²) in [4.78, 5) is 0. The number of unbranched alkanes of at least 4 members (excludes halogenated alkanes) is 3. The molecule has 0 unspecified atom stereocenters. The topological polar surface area (TPSA) is 30.7 Å². The summed E-state index contributed by atoms with van der Waals surface area (Å²) in [6.45, 7) is 2.50. The predicted molar refractivity (Wildman–Crippen MR) is 77.8 cm³/mol. The number of hydrogen-bond acceptors (Lipinski definition) is 2. The minimum Gasteiger partial charge on any atom is -0.243 e. The Labute approximate surface area is 136 Å². The molecule has 1 rings (SSSR count). The monoisotopic (exact) mass is 369 g/mol. The highest BCUT2D eigenvalue weighted by atomic mass is 35.6. The van der Waals surface area contributed by atoms with E-state index in [1.54, 1.807) is 0 Å². The fourth-order valence-electron chi connectivity index (χ4n) is 1.56. The van der Waals surface area contributed by atoms with Gasteiger partial charge in [0.25, 0.3) is 5.95 Å². The minimum absolute atomic E-state index is 0.229. The molecule has 0 aliphatic rings. The second kappa shape index (κ2) is 6.99. The average molecular weight is 371 g/mol. The highest BCUT2D eigenvalue weighted by molar-refractivity contribution is 6.75. The zero-order valence-electron chi connectivity index (χ0n) is 10.1. The maximum Gasteiger partial charge on any atom is 0.259 e. The lowest BCUT2D eigenvalue weighted by Gasteiger charge is -2.27. The van der Waals surface area contributed by atoms with Crippen LogP contribution in [0.15, 0.2) is 0 Å². The van der Waals surface area contributed by atoms with E-state index in [1.807, 2.05) is 0 Å². The van der Waals surface area contributed by atoms with Crippen LogP contribution in [0.5, 0.6) is 0 Å². The van der Waals surface area contributed by atoms with Gasteiger partial charge in [0.2, 0.25) is 8.13 Å². The van der Waals surface area contributed by atoms with Crippen molar-refractivity contribution >= 4 is 58.0 Å². The van der Waals surface area contributed by atoms with E-state index >= 15 is 0 Å². The first-order valence-corrected chi connectivity index (χ1v) is 7.64. The van der Waals surface area contributed by atoms with Crippen molar-refractivity contribution in [3.63, 3.8) is 0 Å². The van der Waals surface area contributed by atoms with Crippen molar-refractivity contribution in [2.75, 3.05) is 0 Å². The molecule has 1 aromatic heterocycles. The molecule has 0 amide bonds. The Hall–Kier alpha value is 0.520. The van der Waals surface area contributed by atoms with Gasteiger partial charge in [-0.3, -0.25) is 0 Å². The van der Waals surface area contributed by atoms with E-state index in [-0.39, 0.29) is 5.69 Å². The molecule has 9 heteroatoms. The van der Waals surface area contributed by atoms with Gasteiger partial charge in [0, 0.05) is 6.54 Å². The predicted octanol–water partition coefficient (Wildman–Crippen LogP) is 5.00. The number of alkyl halides is 5. The Balaban J connectivity index is 2.92. The molecule has 0 radical (unpaired) electrons. The highest BCUT2D eigenvalue weighted by Gasteiger charge is 2.51. The van der Waals surface area contributed by atoms with Crippen LogP contribution in [0.2, 0.25) is 0 Å². The summed E-state index contributed by atoms with van der Waals surface area (Å²) in [5, 5.41) is 6.94. The van der Waals surface area contributed by atoms with E-state index in [1.165, 1.54) is 4.68 Å². The van der Waals surface area contributed by atoms with Crippen molar-refractivity contribution in [1.82, 2.24) is 15.0 Å². The SMILES string of the molecule is CCCCCCn1nnc(F)c1C(Cl)(Cl)C(Cl)(Cl)Cl. The van der Waals surface area contributed by atoms with E-state index in [0.29, 0.717) is 6.54 Å². The lowest BCUT2D eigenvalue weighted by atomic mass is 10.2. The van der Waals surface area contributed by atoms with E-state index in [4.69, 9.17) is 58.0 Å². The lowest BCUT2D eigenvalue weighted by Crippen LogP contribution is -2.32. The number of nitrogens with zero attached hydrogens (tertiary/aromatic N) is 3. The van der Waals surface area contributed by atoms with E-state index < -0.39 is 14.1 Å². The van der Waals surface area contributed by atoms with Crippen molar-refractivity contribution in [1.29, 1.82) is 0 Å². The van der Waals surface area contributed by atoms with Crippen LogP contribution in [0, 0.1) is 5.95 Å². The van der Waals surface area contributed by atoms with Gasteiger partial charge in [0.15, 0.2) is 0 Å². The third kappa shape index (κ3) is 4.24. The summed E-state index contributed by atoms with van der Waals surface area (Å²) in [7, 11) is 0. The van der Waals surface area contributed by atoms with Gasteiger partial charge in [-0.1, -0.05) is 94.5 Å². The third-order valence-corrected chi connectivity index (χ3v) is 4.93. The lowest BCUT2D eigenvalue weighted by molar-refractivity contribution is 0.500. The number of hydrogen-bond donors (Lipinski definition) is 0. The molecular weight excluding hydrogens is 358 g/mol. The first kappa shape index (κ1) is 17.6. The summed E-state index contributed by atoms with van der Waals surface area (Å²) < 4.78 is 10.8. The number of rotatable bonds is 6. The normalized spacial score (nSPS) is 13.0. The van der Waals surface area contributed by atoms with Crippen LogP contribution in [0.1, 0.15) is 38.3 Å². The van der Waals surface area contributed by atoms with Crippen molar-refractivity contribution in [2.24, 2.45) is 0 Å². The zero-order chi connectivity index (χ0) is 14.7. The molecule has 0 aromatic carbocycles. The standard InChI is InChI=1S/C10H13Cl5FN3/c1-2-3-4-5-6-19-7(8(16)17-18-19)9(11,12)10(13,14)15/h2-6H2,1H3. The van der Waals surface area contributed by atoms with Gasteiger partial charge in [-0.2, -0.15) is 4.39 Å². The molecule has 0 spiro atoms. The molecule has 0 saturated carbocycles. The Morgan fingerprint density at radius 2 is 1.74 bits per heavy atom. The maximum absolute atomic E-state index is 13.7. The summed E-state index contributed by atoms with van der Waals surface area (Å²) in [5.41, 5.74) is -0.229. The molecule has 1 heterocycles. The molecule has 0 atom stereocenters. The van der Waals surface area contributed by atoms with Gasteiger partial charge in [0.1, 0.15) is 5.69 Å². The van der Waals surface area contributed by atoms with Crippen LogP contribution in [0.4, 0.5) is 4.39 Å². The highest BCUT2D eigenvalue weighted by Crippen LogP contribution is 2.53. The molecule has 1 aromatic rings. The summed E-state index contributed by atoms with van der Waals surface area (Å²) in [5.74, 6) is -0.938. The van der Waals surface area contributed by atoms with E-state index in [0.717, 1.165) is 25.7 Å². The van der Waals surface area contributed by atoms with Crippen LogP contribution in [-0.2, 0) is 10.9 Å². The first-order valence-electron chi connectivity index (χ1n) is 5.75. The molecule has 0 saturated heterocycles. The fraction of sp³-hybridized carbons (Fsp3) is 0.800. The quantitative estimate of drug-likeness (QED) is 0.520. The summed E-state index contributed by atoms with van der Waals surface area (Å²) >= 11 is 28.9. The zero-order valence-corrected chi connectivity index (χ0v) is 13.9. The van der Waals surface area contributed by atoms with E-state index in [2.05, 4.69) is 17.2 Å². The smallest absolute Gasteiger partial charge is 0.243 e. The van der Waals surface area contributed by atoms with Crippen LogP contribution in [0.3, 0.4) is 0 Å². The molecule has 0 aliphatic heterocycles. The van der Waals surface area contributed by atoms with E-state index in [9.17, 15) is 4.39 Å². The number of aryl methyl sites for hydroxylation is 1. The third-order valence-electron chi connectivity index (χ3n) is 2.57. The largest absolute Gasteiger partial charge is 0.259 e. The van der Waals surface area contributed by atoms with Crippen LogP contribution >= 0.6 is 58.0 Å². The Kier molecular flexibility index (Phi) is 6.46. The molecule has 0 N–H and O–H groups in total. The van der Waals surface area contributed by atoms with Crippen LogP contribution in [-0.4, -0.2) is 18.8 Å². The van der Waals surface area contributed by atoms with Gasteiger partial charge in [0.05, 0.1) is 0 Å². The van der Waals surface area contributed by atoms with Gasteiger partial charge in [-0.05, 0) is 6.42 Å². The fourth-order valence-corrected chi connectivity index (χ4v) is 2.18. The minimum atomic E-state index is -2.10. The second-order valence-corrected chi connectivity index (χ2v) is 7.69. The summed E-state index contributed by atoms with van der Waals surface area (Å²) in [6, 6.07) is 0. The Morgan fingerprint density at radius 1 is 1.11 bits per heavy atom. The van der Waals surface area contributed by atoms with Gasteiger partial charge in [-0.15, -0.1) is 0 Å². The van der Waals surface area contributed by atoms with Crippen LogP contribution < -0.4 is 0 Å². The molecular formula is C10H13Cl5FN3. The van der Waals surface area contributed by atoms with Gasteiger partial charge >= 0.3 is 0 Å². The molecule has 0 bridgehead atoms. The van der Waals surface area contributed by atoms with Crippen LogP contribution in [0.25, 0.3) is 0 Å². The molecule has 0 fully saturated rings. The first-order chi connectivity index (χ1) is 8.71. The number of halogens is 6. The molecule has 0 aliphatic carbocycles. The Morgan fingerprint density at radius 3 is 2.26 bits per heavy atom. The van der Waals surface area contributed by atoms with Gasteiger partial charge < -0.3 is 0 Å². The second-order valence-electron chi connectivity index (χ2n) is 4.08. The van der Waals surface area contributed by atoms with Gasteiger partial charge in [-0.25, -0.2) is 4.68 Å². The average Bonchev–Trinajstić information content (AvgIpc) is 2.65. The summed E-state index contributed by atoms with van der Waals surface area (Å²) in [6.07, 6.45) is 3.92. The molecule has 3 nitrogen and oxygen atoms in total. The number of aromatic nitrogens is 3. The van der Waals surface area contributed by atoms with Crippen molar-refractivity contribution < 1.29 is 4.39 Å².